The summed E-state index contributed by atoms with van der Waals surface area (Å²) in [6.45, 7) is 8.71. The Morgan fingerprint density at radius 3 is 1.59 bits per heavy atom. The number of nitrogens with two attached hydrogens (primary N) is 3. The van der Waals surface area contributed by atoms with Gasteiger partial charge in [0.05, 0.1) is 6.54 Å². The second-order valence-electron chi connectivity index (χ2n) is 7.52. The van der Waals surface area contributed by atoms with E-state index >= 15 is 0 Å². The highest BCUT2D eigenvalue weighted by molar-refractivity contribution is 5.77. The third kappa shape index (κ3) is 32.2. The highest BCUT2D eigenvalue weighted by atomic mass is 16.1. The van der Waals surface area contributed by atoms with Gasteiger partial charge >= 0.3 is 0 Å². The van der Waals surface area contributed by atoms with Crippen LogP contribution in [0.3, 0.4) is 0 Å². The molecule has 0 spiro atoms. The van der Waals surface area contributed by atoms with E-state index in [1.807, 2.05) is 0 Å². The Morgan fingerprint density at radius 2 is 1.07 bits per heavy atom. The van der Waals surface area contributed by atoms with Crippen LogP contribution in [-0.4, -0.2) is 58.3 Å². The fourth-order valence-electron chi connectivity index (χ4n) is 2.77. The summed E-state index contributed by atoms with van der Waals surface area (Å²) in [7, 11) is 0. The lowest BCUT2D eigenvalue weighted by molar-refractivity contribution is -0.119. The molecule has 0 aromatic heterocycles. The van der Waals surface area contributed by atoms with E-state index in [2.05, 4.69) is 22.9 Å². The van der Waals surface area contributed by atoms with E-state index in [9.17, 15) is 4.79 Å². The zero-order valence-electron chi connectivity index (χ0n) is 19.3. The first-order valence-electron chi connectivity index (χ1n) is 12.0. The third-order valence-corrected chi connectivity index (χ3v) is 4.61. The number of nitrogens with one attached hydrogen (secondary N) is 3. The number of carbonyl (C=O) groups is 1. The van der Waals surface area contributed by atoms with Gasteiger partial charge in [-0.1, -0.05) is 51.9 Å². The summed E-state index contributed by atoms with van der Waals surface area (Å²) in [5, 5.41) is 9.44. The molecule has 29 heavy (non-hydrogen) atoms. The highest BCUT2D eigenvalue weighted by Gasteiger charge is 1.95. The second-order valence-corrected chi connectivity index (χ2v) is 7.52. The molecule has 0 bridgehead atoms. The predicted octanol–water partition coefficient (Wildman–Crippen LogP) is 1.85. The number of hydrogen-bond acceptors (Lipinski definition) is 6. The average molecular weight is 417 g/mol. The van der Waals surface area contributed by atoms with Crippen molar-refractivity contribution >= 4 is 5.91 Å². The lowest BCUT2D eigenvalue weighted by atomic mass is 10.1. The minimum Gasteiger partial charge on any atom is -0.355 e. The maximum atomic E-state index is 10.8. The van der Waals surface area contributed by atoms with Crippen LogP contribution in [0.1, 0.15) is 84.0 Å². The van der Waals surface area contributed by atoms with Crippen LogP contribution in [0, 0.1) is 0 Å². The molecule has 9 N–H and O–H groups in total. The SMILES string of the molecule is CCCCCCCCCCN.NCCCNCCCCNCCCNC(=O)CN. The molecule has 1 amide bonds. The first-order chi connectivity index (χ1) is 14.2. The van der Waals surface area contributed by atoms with E-state index in [1.165, 1.54) is 64.2 Å². The largest absolute Gasteiger partial charge is 0.355 e. The average Bonchev–Trinajstić information content (AvgIpc) is 2.74. The molecular weight excluding hydrogens is 364 g/mol. The fraction of sp³-hybridized carbons (Fsp3) is 0.955. The van der Waals surface area contributed by atoms with Crippen molar-refractivity contribution in [3.63, 3.8) is 0 Å². The van der Waals surface area contributed by atoms with Gasteiger partial charge in [-0.3, -0.25) is 4.79 Å². The van der Waals surface area contributed by atoms with Crippen LogP contribution in [-0.2, 0) is 4.79 Å². The molecule has 0 unspecified atom stereocenters. The monoisotopic (exact) mass is 416 g/mol. The summed E-state index contributed by atoms with van der Waals surface area (Å²) in [6, 6.07) is 0. The molecule has 0 saturated heterocycles. The summed E-state index contributed by atoms with van der Waals surface area (Å²) < 4.78 is 0. The second kappa shape index (κ2) is 29.5. The van der Waals surface area contributed by atoms with E-state index in [0.29, 0.717) is 6.54 Å². The molecule has 7 nitrogen and oxygen atoms in total. The molecule has 0 aromatic carbocycles. The van der Waals surface area contributed by atoms with Gasteiger partial charge in [-0.25, -0.2) is 0 Å². The Balaban J connectivity index is 0. The van der Waals surface area contributed by atoms with Gasteiger partial charge in [0.2, 0.25) is 5.91 Å². The molecule has 0 aliphatic carbocycles. The molecule has 0 aromatic rings. The third-order valence-electron chi connectivity index (χ3n) is 4.61. The molecule has 0 radical (unpaired) electrons. The van der Waals surface area contributed by atoms with Crippen molar-refractivity contribution in [1.29, 1.82) is 0 Å². The maximum Gasteiger partial charge on any atom is 0.233 e. The summed E-state index contributed by atoms with van der Waals surface area (Å²) in [4.78, 5) is 10.8. The van der Waals surface area contributed by atoms with Crippen LogP contribution < -0.4 is 33.2 Å². The zero-order chi connectivity index (χ0) is 21.8. The molecule has 0 aliphatic rings. The van der Waals surface area contributed by atoms with Gasteiger partial charge in [0.1, 0.15) is 0 Å². The van der Waals surface area contributed by atoms with Crippen molar-refractivity contribution in [2.24, 2.45) is 17.2 Å². The predicted molar refractivity (Wildman–Crippen MR) is 127 cm³/mol. The summed E-state index contributed by atoms with van der Waals surface area (Å²) in [5.41, 5.74) is 16.0. The number of carbonyl (C=O) groups excluding carboxylic acids is 1. The van der Waals surface area contributed by atoms with Crippen LogP contribution in [0.4, 0.5) is 0 Å². The molecule has 0 rings (SSSR count). The number of rotatable bonds is 21. The standard InChI is InChI=1S/C12H29N5O.C10H23N/c13-5-3-8-15-6-1-2-7-16-9-4-10-17-12(18)11-14;1-2-3-4-5-6-7-8-9-10-11/h15-16H,1-11,13-14H2,(H,17,18);2-11H2,1H3. The molecule has 0 heterocycles. The minimum atomic E-state index is -0.0847. The van der Waals surface area contributed by atoms with Crippen molar-refractivity contribution in [1.82, 2.24) is 16.0 Å². The maximum absolute atomic E-state index is 10.8. The Kier molecular flexibility index (Phi) is 31.0. The van der Waals surface area contributed by atoms with E-state index in [1.54, 1.807) is 0 Å². The van der Waals surface area contributed by atoms with Crippen molar-refractivity contribution < 1.29 is 4.79 Å². The van der Waals surface area contributed by atoms with Gasteiger partial charge in [0.15, 0.2) is 0 Å². The Labute approximate surface area is 180 Å². The Morgan fingerprint density at radius 1 is 0.586 bits per heavy atom. The van der Waals surface area contributed by atoms with Crippen molar-refractivity contribution in [2.75, 3.05) is 52.4 Å². The van der Waals surface area contributed by atoms with E-state index in [4.69, 9.17) is 17.2 Å². The van der Waals surface area contributed by atoms with Gasteiger partial charge in [-0.15, -0.1) is 0 Å². The smallest absolute Gasteiger partial charge is 0.233 e. The van der Waals surface area contributed by atoms with Gasteiger partial charge in [0.25, 0.3) is 0 Å². The van der Waals surface area contributed by atoms with E-state index in [0.717, 1.165) is 52.1 Å². The Hall–Kier alpha value is -0.730. The molecule has 0 saturated carbocycles. The van der Waals surface area contributed by atoms with Crippen molar-refractivity contribution in [2.45, 2.75) is 84.0 Å². The van der Waals surface area contributed by atoms with E-state index in [-0.39, 0.29) is 12.5 Å². The first kappa shape index (κ1) is 30.5. The van der Waals surface area contributed by atoms with Crippen LogP contribution in [0.5, 0.6) is 0 Å². The Bertz CT molecular complexity index is 297. The lowest BCUT2D eigenvalue weighted by Crippen LogP contribution is -2.32. The molecule has 7 heteroatoms. The summed E-state index contributed by atoms with van der Waals surface area (Å²) in [6.07, 6.45) is 15.3. The van der Waals surface area contributed by atoms with Gasteiger partial charge in [-0.2, -0.15) is 0 Å². The molecule has 0 atom stereocenters. The van der Waals surface area contributed by atoms with Crippen LogP contribution in [0.2, 0.25) is 0 Å². The lowest BCUT2D eigenvalue weighted by Gasteiger charge is -2.06. The van der Waals surface area contributed by atoms with Gasteiger partial charge < -0.3 is 33.2 Å². The van der Waals surface area contributed by atoms with Crippen molar-refractivity contribution in [3.05, 3.63) is 0 Å². The molecular formula is C22H52N6O. The minimum absolute atomic E-state index is 0.0740. The summed E-state index contributed by atoms with van der Waals surface area (Å²) in [5.74, 6) is -0.0847. The summed E-state index contributed by atoms with van der Waals surface area (Å²) >= 11 is 0. The van der Waals surface area contributed by atoms with Crippen LogP contribution in [0.25, 0.3) is 0 Å². The van der Waals surface area contributed by atoms with Crippen LogP contribution in [0.15, 0.2) is 0 Å². The highest BCUT2D eigenvalue weighted by Crippen LogP contribution is 2.07. The molecule has 0 aliphatic heterocycles. The fourth-order valence-corrected chi connectivity index (χ4v) is 2.77. The van der Waals surface area contributed by atoms with Gasteiger partial charge in [-0.05, 0) is 71.4 Å². The number of amides is 1. The molecule has 176 valence electrons. The number of unbranched alkanes of at least 4 members (excludes halogenated alkanes) is 8. The van der Waals surface area contributed by atoms with Crippen LogP contribution >= 0.6 is 0 Å². The zero-order valence-corrected chi connectivity index (χ0v) is 19.3. The van der Waals surface area contributed by atoms with E-state index < -0.39 is 0 Å². The topological polar surface area (TPSA) is 131 Å². The van der Waals surface area contributed by atoms with Crippen molar-refractivity contribution in [3.8, 4) is 0 Å². The molecule has 0 fully saturated rings. The normalized spacial score (nSPS) is 10.5. The quantitative estimate of drug-likeness (QED) is 0.158. The number of hydrogen-bond donors (Lipinski definition) is 6. The first-order valence-corrected chi connectivity index (χ1v) is 12.0. The van der Waals surface area contributed by atoms with Gasteiger partial charge in [0, 0.05) is 6.54 Å².